The van der Waals surface area contributed by atoms with Gasteiger partial charge in [-0.05, 0) is 50.7 Å². The second-order valence-electron chi connectivity index (χ2n) is 7.66. The van der Waals surface area contributed by atoms with Gasteiger partial charge in [-0.1, -0.05) is 6.07 Å². The van der Waals surface area contributed by atoms with Crippen LogP contribution >= 0.6 is 0 Å². The van der Waals surface area contributed by atoms with Gasteiger partial charge in [0.05, 0.1) is 6.61 Å². The van der Waals surface area contributed by atoms with Gasteiger partial charge in [-0.2, -0.15) is 4.98 Å². The molecule has 136 valence electrons. The molecule has 0 spiro atoms. The summed E-state index contributed by atoms with van der Waals surface area (Å²) in [6.07, 6.45) is 8.00. The lowest BCUT2D eigenvalue weighted by Gasteiger charge is -2.22. The Morgan fingerprint density at radius 1 is 1.12 bits per heavy atom. The zero-order valence-electron chi connectivity index (χ0n) is 15.4. The number of hydrogen-bond donors (Lipinski definition) is 0. The minimum atomic E-state index is 0.331. The topological polar surface area (TPSA) is 65.0 Å². The smallest absolute Gasteiger partial charge is 0.220 e. The third-order valence-electron chi connectivity index (χ3n) is 5.55. The summed E-state index contributed by atoms with van der Waals surface area (Å²) in [6, 6.07) is 4.24. The van der Waals surface area contributed by atoms with E-state index in [1.165, 1.54) is 5.56 Å². The molecule has 0 saturated heterocycles. The first kappa shape index (κ1) is 17.1. The Morgan fingerprint density at radius 3 is 2.65 bits per heavy atom. The number of aromatic nitrogens is 3. The molecule has 5 nitrogen and oxygen atoms in total. The Hall–Kier alpha value is -2.30. The van der Waals surface area contributed by atoms with E-state index in [-0.39, 0.29) is 0 Å². The monoisotopic (exact) mass is 351 g/mol. The van der Waals surface area contributed by atoms with Gasteiger partial charge in [0, 0.05) is 48.3 Å². The molecule has 0 radical (unpaired) electrons. The maximum atomic E-state index is 11.5. The van der Waals surface area contributed by atoms with E-state index in [2.05, 4.69) is 34.0 Å². The summed E-state index contributed by atoms with van der Waals surface area (Å²) in [4.78, 5) is 25.0. The number of carbonyl (C=O) groups is 1. The van der Waals surface area contributed by atoms with Gasteiger partial charge in [0.2, 0.25) is 5.88 Å². The molecule has 0 aromatic carbocycles. The summed E-state index contributed by atoms with van der Waals surface area (Å²) in [6.45, 7) is 4.61. The molecular formula is C21H25N3O2. The number of Topliss-reactive ketones (excluding diaryl/α,β-unsaturated/α-hetero) is 1. The van der Waals surface area contributed by atoms with E-state index < -0.39 is 0 Å². The largest absolute Gasteiger partial charge is 0.477 e. The van der Waals surface area contributed by atoms with Crippen molar-refractivity contribution < 1.29 is 9.53 Å². The summed E-state index contributed by atoms with van der Waals surface area (Å²) in [5.41, 5.74) is 3.41. The van der Waals surface area contributed by atoms with Gasteiger partial charge < -0.3 is 4.74 Å². The molecule has 2 atom stereocenters. The lowest BCUT2D eigenvalue weighted by atomic mass is 9.84. The second kappa shape index (κ2) is 7.14. The molecule has 5 heteroatoms. The van der Waals surface area contributed by atoms with E-state index in [1.54, 1.807) is 0 Å². The maximum absolute atomic E-state index is 11.5. The summed E-state index contributed by atoms with van der Waals surface area (Å²) < 4.78 is 6.13. The molecule has 2 aromatic rings. The van der Waals surface area contributed by atoms with Crippen molar-refractivity contribution in [1.82, 2.24) is 15.0 Å². The molecule has 0 aliphatic heterocycles. The average Bonchev–Trinajstić information content (AvgIpc) is 3.41. The zero-order valence-corrected chi connectivity index (χ0v) is 15.4. The fraction of sp³-hybridized carbons (Fsp3) is 0.524. The molecule has 0 N–H and O–H groups in total. The van der Waals surface area contributed by atoms with Crippen LogP contribution in [0.15, 0.2) is 24.5 Å². The van der Waals surface area contributed by atoms with Crippen LogP contribution in [0.3, 0.4) is 0 Å². The number of ketones is 1. The van der Waals surface area contributed by atoms with Gasteiger partial charge in [0.25, 0.3) is 0 Å². The Labute approximate surface area is 154 Å². The number of nitrogens with zero attached hydrogens (tertiary/aromatic N) is 3. The predicted octanol–water partition coefficient (Wildman–Crippen LogP) is 3.90. The molecule has 2 unspecified atom stereocenters. The SMILES string of the molecule is Cc1ccc(C2CC2COc2nc(C)ncc2C2CCC(=O)CC2)nc1. The van der Waals surface area contributed by atoms with Gasteiger partial charge >= 0.3 is 0 Å². The first-order valence-corrected chi connectivity index (χ1v) is 9.50. The summed E-state index contributed by atoms with van der Waals surface area (Å²) >= 11 is 0. The van der Waals surface area contributed by atoms with E-state index in [9.17, 15) is 4.79 Å². The van der Waals surface area contributed by atoms with Crippen LogP contribution < -0.4 is 4.74 Å². The van der Waals surface area contributed by atoms with Crippen LogP contribution in [-0.4, -0.2) is 27.3 Å². The second-order valence-corrected chi connectivity index (χ2v) is 7.66. The van der Waals surface area contributed by atoms with E-state index >= 15 is 0 Å². The van der Waals surface area contributed by atoms with Crippen LogP contribution in [0.2, 0.25) is 0 Å². The molecule has 2 aliphatic carbocycles. The molecule has 2 aliphatic rings. The van der Waals surface area contributed by atoms with Crippen LogP contribution in [0.1, 0.15) is 66.6 Å². The molecule has 4 rings (SSSR count). The van der Waals surface area contributed by atoms with Gasteiger partial charge in [-0.25, -0.2) is 4.98 Å². The van der Waals surface area contributed by atoms with Crippen molar-refractivity contribution in [3.05, 3.63) is 47.2 Å². The van der Waals surface area contributed by atoms with Crippen LogP contribution in [-0.2, 0) is 4.79 Å². The highest BCUT2D eigenvalue weighted by Crippen LogP contribution is 2.47. The van der Waals surface area contributed by atoms with E-state index in [0.717, 1.165) is 36.3 Å². The number of rotatable bonds is 5. The van der Waals surface area contributed by atoms with Crippen LogP contribution in [0.5, 0.6) is 5.88 Å². The predicted molar refractivity (Wildman–Crippen MR) is 98.3 cm³/mol. The highest BCUT2D eigenvalue weighted by atomic mass is 16.5. The van der Waals surface area contributed by atoms with Crippen molar-refractivity contribution in [1.29, 1.82) is 0 Å². The van der Waals surface area contributed by atoms with Crippen LogP contribution in [0, 0.1) is 19.8 Å². The fourth-order valence-electron chi connectivity index (χ4n) is 3.78. The molecule has 0 bridgehead atoms. The van der Waals surface area contributed by atoms with Gasteiger partial charge in [-0.15, -0.1) is 0 Å². The molecular weight excluding hydrogens is 326 g/mol. The summed E-state index contributed by atoms with van der Waals surface area (Å²) in [5, 5.41) is 0. The molecule has 0 amide bonds. The van der Waals surface area contributed by atoms with E-state index in [1.807, 2.05) is 19.3 Å². The number of aryl methyl sites for hydroxylation is 2. The van der Waals surface area contributed by atoms with Crippen molar-refractivity contribution in [2.45, 2.75) is 57.8 Å². The lowest BCUT2D eigenvalue weighted by Crippen LogP contribution is -2.15. The normalized spacial score (nSPS) is 23.1. The Morgan fingerprint density at radius 2 is 1.92 bits per heavy atom. The Kier molecular flexibility index (Phi) is 4.70. The zero-order chi connectivity index (χ0) is 18.1. The van der Waals surface area contributed by atoms with E-state index in [4.69, 9.17) is 4.74 Å². The standard InChI is InChI=1S/C21H25N3O2/c1-13-3-8-20(23-10-13)18-9-16(18)12-26-21-19(11-22-14(2)24-21)15-4-6-17(25)7-5-15/h3,8,10-11,15-16,18H,4-7,9,12H2,1-2H3. The summed E-state index contributed by atoms with van der Waals surface area (Å²) in [5.74, 6) is 3.12. The molecule has 26 heavy (non-hydrogen) atoms. The minimum Gasteiger partial charge on any atom is -0.477 e. The number of ether oxygens (including phenoxy) is 1. The van der Waals surface area contributed by atoms with Crippen LogP contribution in [0.25, 0.3) is 0 Å². The lowest BCUT2D eigenvalue weighted by molar-refractivity contribution is -0.120. The number of hydrogen-bond acceptors (Lipinski definition) is 5. The molecule has 2 saturated carbocycles. The minimum absolute atomic E-state index is 0.331. The first-order valence-electron chi connectivity index (χ1n) is 9.50. The molecule has 2 heterocycles. The van der Waals surface area contributed by atoms with Crippen molar-refractivity contribution in [3.8, 4) is 5.88 Å². The number of pyridine rings is 1. The van der Waals surface area contributed by atoms with Gasteiger partial charge in [0.1, 0.15) is 11.6 Å². The maximum Gasteiger partial charge on any atom is 0.220 e. The van der Waals surface area contributed by atoms with Gasteiger partial charge in [-0.3, -0.25) is 9.78 Å². The van der Waals surface area contributed by atoms with Crippen molar-refractivity contribution in [3.63, 3.8) is 0 Å². The number of carbonyl (C=O) groups excluding carboxylic acids is 1. The van der Waals surface area contributed by atoms with E-state index in [0.29, 0.717) is 48.9 Å². The average molecular weight is 351 g/mol. The summed E-state index contributed by atoms with van der Waals surface area (Å²) in [7, 11) is 0. The van der Waals surface area contributed by atoms with Crippen molar-refractivity contribution >= 4 is 5.78 Å². The fourth-order valence-corrected chi connectivity index (χ4v) is 3.78. The Bertz CT molecular complexity index is 793. The van der Waals surface area contributed by atoms with Crippen molar-refractivity contribution in [2.24, 2.45) is 5.92 Å². The van der Waals surface area contributed by atoms with Gasteiger partial charge in [0.15, 0.2) is 0 Å². The molecule has 2 aromatic heterocycles. The quantitative estimate of drug-likeness (QED) is 0.817. The molecule has 2 fully saturated rings. The first-order chi connectivity index (χ1) is 12.6. The highest BCUT2D eigenvalue weighted by molar-refractivity contribution is 5.79. The highest BCUT2D eigenvalue weighted by Gasteiger charge is 2.40. The Balaban J connectivity index is 1.41. The van der Waals surface area contributed by atoms with Crippen LogP contribution in [0.4, 0.5) is 0 Å². The third-order valence-corrected chi connectivity index (χ3v) is 5.55. The third kappa shape index (κ3) is 3.76. The van der Waals surface area contributed by atoms with Crippen molar-refractivity contribution in [2.75, 3.05) is 6.61 Å².